The third-order valence-corrected chi connectivity index (χ3v) is 6.86. The smallest absolute Gasteiger partial charge is 0.207 e. The average molecular weight is 381 g/mol. The molecule has 1 aromatic rings. The zero-order valence-corrected chi connectivity index (χ0v) is 15.0. The van der Waals surface area contributed by atoms with Crippen molar-refractivity contribution < 1.29 is 8.42 Å². The molecule has 6 heteroatoms. The number of nitrogens with zero attached hydrogens (tertiary/aromatic N) is 1. The van der Waals surface area contributed by atoms with Gasteiger partial charge < -0.3 is 0 Å². The Bertz CT molecular complexity index is 608. The molecule has 2 rings (SSSR count). The second kappa shape index (κ2) is 5.95. The number of sulfonamides is 1. The minimum absolute atomic E-state index is 0.259. The summed E-state index contributed by atoms with van der Waals surface area (Å²) in [5.41, 5.74) is 0.859. The molecular formula is C14H19BrClNO2S. The molecule has 0 bridgehead atoms. The van der Waals surface area contributed by atoms with E-state index >= 15 is 0 Å². The Kier molecular flexibility index (Phi) is 4.84. The predicted molar refractivity (Wildman–Crippen MR) is 85.6 cm³/mol. The number of halogens is 2. The van der Waals surface area contributed by atoms with E-state index in [0.29, 0.717) is 34.4 Å². The van der Waals surface area contributed by atoms with E-state index in [0.717, 1.165) is 12.0 Å². The topological polar surface area (TPSA) is 37.4 Å². The Balaban J connectivity index is 2.42. The number of aryl methyl sites for hydroxylation is 1. The van der Waals surface area contributed by atoms with Gasteiger partial charge in [0.2, 0.25) is 10.0 Å². The van der Waals surface area contributed by atoms with Crippen molar-refractivity contribution in [3.05, 3.63) is 27.2 Å². The standard InChI is InChI=1S/C14H19BrClNO2S/c1-9-4-10(2)8-17(7-9)20(18,19)14-6-13(16)11(3)5-12(14)15/h5-6,9-10H,4,7-8H2,1-3H3. The van der Waals surface area contributed by atoms with Crippen molar-refractivity contribution in [1.82, 2.24) is 4.31 Å². The molecule has 0 aliphatic carbocycles. The summed E-state index contributed by atoms with van der Waals surface area (Å²) in [6.45, 7) is 7.19. The van der Waals surface area contributed by atoms with Crippen LogP contribution >= 0.6 is 27.5 Å². The molecule has 1 aliphatic heterocycles. The van der Waals surface area contributed by atoms with Crippen molar-refractivity contribution in [3.63, 3.8) is 0 Å². The largest absolute Gasteiger partial charge is 0.244 e. The molecule has 2 atom stereocenters. The SMILES string of the molecule is Cc1cc(Br)c(S(=O)(=O)N2CC(C)CC(C)C2)cc1Cl. The van der Waals surface area contributed by atoms with Crippen molar-refractivity contribution in [2.45, 2.75) is 32.1 Å². The third kappa shape index (κ3) is 3.21. The van der Waals surface area contributed by atoms with Crippen LogP contribution in [0, 0.1) is 18.8 Å². The van der Waals surface area contributed by atoms with Gasteiger partial charge >= 0.3 is 0 Å². The highest BCUT2D eigenvalue weighted by Crippen LogP contribution is 2.33. The Morgan fingerprint density at radius 1 is 1.25 bits per heavy atom. The van der Waals surface area contributed by atoms with Gasteiger partial charge in [-0.1, -0.05) is 25.4 Å². The summed E-state index contributed by atoms with van der Waals surface area (Å²) < 4.78 is 27.8. The number of hydrogen-bond acceptors (Lipinski definition) is 2. The summed E-state index contributed by atoms with van der Waals surface area (Å²) in [5, 5.41) is 0.477. The third-order valence-electron chi connectivity index (χ3n) is 3.67. The lowest BCUT2D eigenvalue weighted by atomic mass is 9.94. The van der Waals surface area contributed by atoms with Crippen LogP contribution in [0.15, 0.2) is 21.5 Å². The molecule has 3 nitrogen and oxygen atoms in total. The van der Waals surface area contributed by atoms with Crippen LogP contribution in [0.5, 0.6) is 0 Å². The van der Waals surface area contributed by atoms with Gasteiger partial charge in [0.1, 0.15) is 0 Å². The van der Waals surface area contributed by atoms with Gasteiger partial charge in [0.05, 0.1) is 4.90 Å². The lowest BCUT2D eigenvalue weighted by Gasteiger charge is -2.34. The summed E-state index contributed by atoms with van der Waals surface area (Å²) in [7, 11) is -3.50. The lowest BCUT2D eigenvalue weighted by molar-refractivity contribution is 0.222. The van der Waals surface area contributed by atoms with Crippen molar-refractivity contribution in [2.24, 2.45) is 11.8 Å². The van der Waals surface area contributed by atoms with Crippen molar-refractivity contribution in [2.75, 3.05) is 13.1 Å². The van der Waals surface area contributed by atoms with Gasteiger partial charge in [0, 0.05) is 22.6 Å². The van der Waals surface area contributed by atoms with E-state index in [9.17, 15) is 8.42 Å². The lowest BCUT2D eigenvalue weighted by Crippen LogP contribution is -2.42. The highest BCUT2D eigenvalue weighted by molar-refractivity contribution is 9.10. The van der Waals surface area contributed by atoms with Crippen LogP contribution in [-0.4, -0.2) is 25.8 Å². The Hall–Kier alpha value is -0.100. The monoisotopic (exact) mass is 379 g/mol. The number of benzene rings is 1. The van der Waals surface area contributed by atoms with Gasteiger partial charge in [-0.25, -0.2) is 8.42 Å². The van der Waals surface area contributed by atoms with Crippen LogP contribution in [0.1, 0.15) is 25.8 Å². The molecule has 0 aromatic heterocycles. The molecule has 1 heterocycles. The minimum atomic E-state index is -3.50. The van der Waals surface area contributed by atoms with E-state index in [2.05, 4.69) is 29.8 Å². The van der Waals surface area contributed by atoms with Gasteiger partial charge in [-0.2, -0.15) is 4.31 Å². The summed E-state index contributed by atoms with van der Waals surface area (Å²) in [6, 6.07) is 3.30. The fourth-order valence-electron chi connectivity index (χ4n) is 2.77. The highest BCUT2D eigenvalue weighted by atomic mass is 79.9. The van der Waals surface area contributed by atoms with E-state index < -0.39 is 10.0 Å². The quantitative estimate of drug-likeness (QED) is 0.775. The summed E-state index contributed by atoms with van der Waals surface area (Å²) in [5.74, 6) is 0.765. The van der Waals surface area contributed by atoms with Crippen LogP contribution < -0.4 is 0 Å². The van der Waals surface area contributed by atoms with Crippen molar-refractivity contribution in [1.29, 1.82) is 0 Å². The van der Waals surface area contributed by atoms with Crippen LogP contribution in [0.25, 0.3) is 0 Å². The fraction of sp³-hybridized carbons (Fsp3) is 0.571. The molecule has 1 aliphatic rings. The molecule has 1 saturated heterocycles. The molecule has 1 fully saturated rings. The first-order valence-corrected chi connectivity index (χ1v) is 9.28. The number of hydrogen-bond donors (Lipinski definition) is 0. The Morgan fingerprint density at radius 2 is 1.80 bits per heavy atom. The normalized spacial score (nSPS) is 24.9. The molecule has 0 N–H and O–H groups in total. The van der Waals surface area contributed by atoms with E-state index in [-0.39, 0.29) is 4.90 Å². The first-order chi connectivity index (χ1) is 9.21. The van der Waals surface area contributed by atoms with Gasteiger partial charge in [-0.05, 0) is 58.8 Å². The van der Waals surface area contributed by atoms with Crippen molar-refractivity contribution in [3.8, 4) is 0 Å². The van der Waals surface area contributed by atoms with Gasteiger partial charge in [0.15, 0.2) is 0 Å². The minimum Gasteiger partial charge on any atom is -0.207 e. The fourth-order valence-corrected chi connectivity index (χ4v) is 5.82. The first-order valence-electron chi connectivity index (χ1n) is 6.67. The maximum atomic E-state index is 12.8. The van der Waals surface area contributed by atoms with Crippen LogP contribution in [0.4, 0.5) is 0 Å². The molecule has 112 valence electrons. The molecule has 2 unspecified atom stereocenters. The van der Waals surface area contributed by atoms with E-state index in [1.54, 1.807) is 16.4 Å². The molecule has 0 saturated carbocycles. The Labute approximate surface area is 134 Å². The van der Waals surface area contributed by atoms with E-state index in [1.165, 1.54) is 0 Å². The van der Waals surface area contributed by atoms with Crippen LogP contribution in [-0.2, 0) is 10.0 Å². The first kappa shape index (κ1) is 16.3. The van der Waals surface area contributed by atoms with Crippen molar-refractivity contribution >= 4 is 37.6 Å². The highest BCUT2D eigenvalue weighted by Gasteiger charge is 2.33. The average Bonchev–Trinajstić information content (AvgIpc) is 2.32. The molecule has 20 heavy (non-hydrogen) atoms. The van der Waals surface area contributed by atoms with E-state index in [4.69, 9.17) is 11.6 Å². The number of piperidine rings is 1. The van der Waals surface area contributed by atoms with E-state index in [1.807, 2.05) is 6.92 Å². The summed E-state index contributed by atoms with van der Waals surface area (Å²) in [4.78, 5) is 0.259. The summed E-state index contributed by atoms with van der Waals surface area (Å²) >= 11 is 9.43. The Morgan fingerprint density at radius 3 is 2.35 bits per heavy atom. The van der Waals surface area contributed by atoms with Gasteiger partial charge in [-0.15, -0.1) is 0 Å². The maximum absolute atomic E-state index is 12.8. The second-order valence-electron chi connectivity index (χ2n) is 5.80. The van der Waals surface area contributed by atoms with Crippen LogP contribution in [0.3, 0.4) is 0 Å². The molecule has 0 amide bonds. The molecule has 0 radical (unpaired) electrons. The molecular weight excluding hydrogens is 362 g/mol. The second-order valence-corrected chi connectivity index (χ2v) is 8.97. The maximum Gasteiger partial charge on any atom is 0.244 e. The van der Waals surface area contributed by atoms with Crippen LogP contribution in [0.2, 0.25) is 5.02 Å². The van der Waals surface area contributed by atoms with Gasteiger partial charge in [0.25, 0.3) is 0 Å². The number of rotatable bonds is 2. The zero-order chi connectivity index (χ0) is 15.1. The summed E-state index contributed by atoms with van der Waals surface area (Å²) in [6.07, 6.45) is 1.07. The molecule has 1 aromatic carbocycles. The van der Waals surface area contributed by atoms with Gasteiger partial charge in [-0.3, -0.25) is 0 Å². The molecule has 0 spiro atoms. The zero-order valence-electron chi connectivity index (χ0n) is 11.9. The predicted octanol–water partition coefficient (Wildman–Crippen LogP) is 4.08.